The number of rotatable bonds is 5. The van der Waals surface area contributed by atoms with Crippen LogP contribution in [-0.2, 0) is 17.8 Å². The van der Waals surface area contributed by atoms with Gasteiger partial charge in [-0.25, -0.2) is 0 Å². The summed E-state index contributed by atoms with van der Waals surface area (Å²) >= 11 is 0. The van der Waals surface area contributed by atoms with E-state index in [1.807, 2.05) is 29.3 Å². The fourth-order valence-corrected chi connectivity index (χ4v) is 6.44. The molecule has 0 saturated carbocycles. The molecule has 3 aliphatic heterocycles. The van der Waals surface area contributed by atoms with Crippen molar-refractivity contribution in [1.82, 2.24) is 20.1 Å². The normalized spacial score (nSPS) is 24.5. The van der Waals surface area contributed by atoms with Gasteiger partial charge in [0.25, 0.3) is 5.91 Å². The first-order valence-corrected chi connectivity index (χ1v) is 12.3. The highest BCUT2D eigenvalue weighted by molar-refractivity contribution is 5.94. The Kier molecular flexibility index (Phi) is 5.95. The highest BCUT2D eigenvalue weighted by Gasteiger charge is 2.63. The summed E-state index contributed by atoms with van der Waals surface area (Å²) in [5.41, 5.74) is 2.82. The summed E-state index contributed by atoms with van der Waals surface area (Å²) in [5, 5.41) is 3.13. The number of hydrogen-bond acceptors (Lipinski definition) is 4. The van der Waals surface area contributed by atoms with Crippen molar-refractivity contribution in [3.63, 3.8) is 0 Å². The lowest BCUT2D eigenvalue weighted by molar-refractivity contribution is -0.133. The van der Waals surface area contributed by atoms with Crippen LogP contribution in [0.5, 0.6) is 0 Å². The molecule has 3 fully saturated rings. The number of nitrogens with one attached hydrogen (secondary N) is 1. The van der Waals surface area contributed by atoms with Crippen molar-refractivity contribution in [2.45, 2.75) is 45.6 Å². The third-order valence-electron chi connectivity index (χ3n) is 8.18. The summed E-state index contributed by atoms with van der Waals surface area (Å²) in [6.45, 7) is 6.87. The second-order valence-corrected chi connectivity index (χ2v) is 10.1. The van der Waals surface area contributed by atoms with Gasteiger partial charge >= 0.3 is 0 Å². The lowest BCUT2D eigenvalue weighted by atomic mass is 9.60. The van der Waals surface area contributed by atoms with E-state index in [4.69, 9.17) is 0 Å². The largest absolute Gasteiger partial charge is 0.356 e. The first-order chi connectivity index (χ1) is 16.1. The minimum atomic E-state index is -0.341. The van der Waals surface area contributed by atoms with Crippen LogP contribution in [0.25, 0.3) is 0 Å². The number of fused-ring (bicyclic) bond motifs is 1. The Hall–Kier alpha value is -2.73. The van der Waals surface area contributed by atoms with Gasteiger partial charge in [0.05, 0.1) is 5.41 Å². The van der Waals surface area contributed by atoms with E-state index in [2.05, 4.69) is 40.3 Å². The van der Waals surface area contributed by atoms with Crippen molar-refractivity contribution < 1.29 is 9.59 Å². The third kappa shape index (κ3) is 3.95. The van der Waals surface area contributed by atoms with Gasteiger partial charge in [-0.3, -0.25) is 19.5 Å². The number of benzene rings is 1. The molecular weight excluding hydrogens is 412 g/mol. The molecular formula is C27H34N4O2. The van der Waals surface area contributed by atoms with Gasteiger partial charge in [0.1, 0.15) is 0 Å². The zero-order chi connectivity index (χ0) is 22.9. The maximum Gasteiger partial charge on any atom is 0.253 e. The summed E-state index contributed by atoms with van der Waals surface area (Å²) in [4.78, 5) is 35.0. The molecule has 2 spiro atoms. The van der Waals surface area contributed by atoms with Gasteiger partial charge in [-0.2, -0.15) is 0 Å². The molecule has 0 bridgehead atoms. The number of piperidine rings is 1. The number of aryl methyl sites for hydroxylation is 1. The van der Waals surface area contributed by atoms with E-state index < -0.39 is 0 Å². The zero-order valence-corrected chi connectivity index (χ0v) is 19.6. The molecule has 33 heavy (non-hydrogen) atoms. The van der Waals surface area contributed by atoms with Gasteiger partial charge in [0, 0.05) is 62.6 Å². The van der Waals surface area contributed by atoms with Gasteiger partial charge < -0.3 is 10.2 Å². The van der Waals surface area contributed by atoms with Crippen molar-refractivity contribution in [3.05, 3.63) is 65.5 Å². The van der Waals surface area contributed by atoms with E-state index in [1.54, 1.807) is 6.20 Å². The molecule has 1 N–H and O–H groups in total. The minimum absolute atomic E-state index is 0.0719. The van der Waals surface area contributed by atoms with Crippen LogP contribution in [0.4, 0.5) is 0 Å². The van der Waals surface area contributed by atoms with Crippen molar-refractivity contribution in [3.8, 4) is 0 Å². The van der Waals surface area contributed by atoms with Gasteiger partial charge in [-0.05, 0) is 55.0 Å². The predicted molar refractivity (Wildman–Crippen MR) is 128 cm³/mol. The number of likely N-dealkylation sites (tertiary alicyclic amines) is 2. The molecule has 1 unspecified atom stereocenters. The summed E-state index contributed by atoms with van der Waals surface area (Å²) in [6, 6.07) is 12.2. The van der Waals surface area contributed by atoms with Crippen molar-refractivity contribution in [1.29, 1.82) is 0 Å². The molecule has 3 aliphatic rings. The molecule has 174 valence electrons. The maximum atomic E-state index is 13.2. The molecule has 1 atom stereocenters. The van der Waals surface area contributed by atoms with Crippen molar-refractivity contribution >= 4 is 11.8 Å². The summed E-state index contributed by atoms with van der Waals surface area (Å²) in [7, 11) is 0. The predicted octanol–water partition coefficient (Wildman–Crippen LogP) is 3.28. The Morgan fingerprint density at radius 3 is 2.48 bits per heavy atom. The number of amides is 2. The summed E-state index contributed by atoms with van der Waals surface area (Å²) in [6.07, 6.45) is 8.51. The first-order valence-electron chi connectivity index (χ1n) is 12.3. The lowest BCUT2D eigenvalue weighted by Gasteiger charge is -2.46. The van der Waals surface area contributed by atoms with E-state index in [0.29, 0.717) is 13.1 Å². The van der Waals surface area contributed by atoms with Gasteiger partial charge in [-0.15, -0.1) is 0 Å². The van der Waals surface area contributed by atoms with Crippen LogP contribution in [0.1, 0.15) is 54.1 Å². The summed E-state index contributed by atoms with van der Waals surface area (Å²) < 4.78 is 0. The quantitative estimate of drug-likeness (QED) is 0.766. The van der Waals surface area contributed by atoms with Crippen LogP contribution >= 0.6 is 0 Å². The zero-order valence-electron chi connectivity index (χ0n) is 19.6. The molecule has 0 aliphatic carbocycles. The van der Waals surface area contributed by atoms with Crippen molar-refractivity contribution in [2.24, 2.45) is 10.8 Å². The van der Waals surface area contributed by atoms with E-state index in [-0.39, 0.29) is 22.6 Å². The molecule has 1 aromatic carbocycles. The van der Waals surface area contributed by atoms with Crippen LogP contribution in [-0.4, -0.2) is 59.3 Å². The van der Waals surface area contributed by atoms with E-state index in [9.17, 15) is 9.59 Å². The highest BCUT2D eigenvalue weighted by atomic mass is 16.2. The second kappa shape index (κ2) is 8.90. The Bertz CT molecular complexity index is 999. The van der Waals surface area contributed by atoms with Crippen LogP contribution in [0, 0.1) is 10.8 Å². The number of nitrogens with zero attached hydrogens (tertiary/aromatic N) is 3. The van der Waals surface area contributed by atoms with E-state index >= 15 is 0 Å². The molecule has 6 heteroatoms. The number of carbonyl (C=O) groups is 2. The number of pyridine rings is 1. The summed E-state index contributed by atoms with van der Waals surface area (Å²) in [5.74, 6) is 0.325. The van der Waals surface area contributed by atoms with Gasteiger partial charge in [0.2, 0.25) is 5.91 Å². The lowest BCUT2D eigenvalue weighted by Crippen LogP contribution is -2.53. The minimum Gasteiger partial charge on any atom is -0.356 e. The average Bonchev–Trinajstić information content (AvgIpc) is 3.35. The molecule has 2 amide bonds. The Labute approximate surface area is 196 Å². The molecule has 4 heterocycles. The van der Waals surface area contributed by atoms with Crippen LogP contribution in [0.15, 0.2) is 48.8 Å². The fraction of sp³-hybridized carbons (Fsp3) is 0.519. The SMILES string of the molecule is CCCc1ccc(C(=O)N2CCC3(CC2)CN(Cc2cccnc2)CC32CCNC2=O)cc1. The van der Waals surface area contributed by atoms with Crippen LogP contribution in [0.2, 0.25) is 0 Å². The second-order valence-electron chi connectivity index (χ2n) is 10.1. The van der Waals surface area contributed by atoms with Gasteiger partial charge in [-0.1, -0.05) is 31.5 Å². The molecule has 2 aromatic rings. The number of aromatic nitrogens is 1. The smallest absolute Gasteiger partial charge is 0.253 e. The Balaban J connectivity index is 1.31. The fourth-order valence-electron chi connectivity index (χ4n) is 6.44. The Morgan fingerprint density at radius 2 is 1.85 bits per heavy atom. The van der Waals surface area contributed by atoms with Gasteiger partial charge in [0.15, 0.2) is 0 Å². The van der Waals surface area contributed by atoms with E-state index in [1.165, 1.54) is 11.1 Å². The topological polar surface area (TPSA) is 65.5 Å². The van der Waals surface area contributed by atoms with Crippen LogP contribution in [0.3, 0.4) is 0 Å². The van der Waals surface area contributed by atoms with Crippen LogP contribution < -0.4 is 5.32 Å². The Morgan fingerprint density at radius 1 is 1.06 bits per heavy atom. The molecule has 0 radical (unpaired) electrons. The number of carbonyl (C=O) groups excluding carboxylic acids is 2. The first kappa shape index (κ1) is 22.1. The monoisotopic (exact) mass is 446 g/mol. The van der Waals surface area contributed by atoms with Crippen molar-refractivity contribution in [2.75, 3.05) is 32.7 Å². The standard InChI is InChI=1S/C27H34N4O2/c1-2-4-21-6-8-23(9-7-21)24(32)31-15-11-26(12-16-31)19-30(18-22-5-3-13-28-17-22)20-27(26)10-14-29-25(27)33/h3,5-9,13,17H,2,4,10-12,14-16,18-20H2,1H3,(H,29,33). The number of hydrogen-bond donors (Lipinski definition) is 1. The average molecular weight is 447 g/mol. The molecule has 3 saturated heterocycles. The molecule has 6 nitrogen and oxygen atoms in total. The molecule has 5 rings (SSSR count). The molecule has 1 aromatic heterocycles. The third-order valence-corrected chi connectivity index (χ3v) is 8.18. The van der Waals surface area contributed by atoms with E-state index in [0.717, 1.165) is 63.8 Å². The highest BCUT2D eigenvalue weighted by Crippen LogP contribution is 2.56. The maximum absolute atomic E-state index is 13.2.